The number of hydrogen-bond donors (Lipinski definition) is 1. The number of carbonyl (C=O) groups is 1. The number of hydrogen-bond acceptors (Lipinski definition) is 3. The summed E-state index contributed by atoms with van der Waals surface area (Å²) in [5, 5.41) is 3.68. The Morgan fingerprint density at radius 1 is 0.962 bits per heavy atom. The van der Waals surface area contributed by atoms with Gasteiger partial charge in [0.2, 0.25) is 5.91 Å². The molecule has 1 amide bonds. The Morgan fingerprint density at radius 2 is 1.65 bits per heavy atom. The standard InChI is InChI=1S/C20H29N3O.2ClH/c24-20(15-16-13-17-7-8-18(14-16)21-17)23-10-4-9-22(11-12-23)19-5-2-1-3-6-19;;/h1-3,5-6,16-18,21H,4,7-15H2;2*1H. The van der Waals surface area contributed by atoms with E-state index in [2.05, 4.69) is 45.4 Å². The van der Waals surface area contributed by atoms with E-state index in [4.69, 9.17) is 0 Å². The fourth-order valence-electron chi connectivity index (χ4n) is 4.78. The average molecular weight is 400 g/mol. The number of fused-ring (bicyclic) bond motifs is 2. The second-order valence-corrected chi connectivity index (χ2v) is 7.74. The third-order valence-corrected chi connectivity index (χ3v) is 6.00. The van der Waals surface area contributed by atoms with Crippen LogP contribution in [0, 0.1) is 5.92 Å². The van der Waals surface area contributed by atoms with Crippen molar-refractivity contribution in [2.45, 2.75) is 50.6 Å². The van der Waals surface area contributed by atoms with Gasteiger partial charge in [0.15, 0.2) is 0 Å². The van der Waals surface area contributed by atoms with E-state index in [0.717, 1.165) is 39.0 Å². The van der Waals surface area contributed by atoms with Crippen LogP contribution in [-0.4, -0.2) is 49.1 Å². The van der Waals surface area contributed by atoms with Crippen molar-refractivity contribution in [3.8, 4) is 0 Å². The molecule has 3 aliphatic heterocycles. The van der Waals surface area contributed by atoms with Gasteiger partial charge < -0.3 is 15.1 Å². The number of para-hydroxylation sites is 1. The van der Waals surface area contributed by atoms with E-state index in [1.54, 1.807) is 0 Å². The fourth-order valence-corrected chi connectivity index (χ4v) is 4.78. The summed E-state index contributed by atoms with van der Waals surface area (Å²) in [7, 11) is 0. The van der Waals surface area contributed by atoms with Crippen LogP contribution in [0.2, 0.25) is 0 Å². The van der Waals surface area contributed by atoms with Crippen molar-refractivity contribution in [2.75, 3.05) is 31.1 Å². The Balaban J connectivity index is 0.00000121. The van der Waals surface area contributed by atoms with E-state index < -0.39 is 0 Å². The van der Waals surface area contributed by atoms with E-state index in [1.807, 2.05) is 0 Å². The monoisotopic (exact) mass is 399 g/mol. The summed E-state index contributed by atoms with van der Waals surface area (Å²) < 4.78 is 0. The largest absolute Gasteiger partial charge is 0.370 e. The van der Waals surface area contributed by atoms with Crippen LogP contribution in [0.15, 0.2) is 30.3 Å². The van der Waals surface area contributed by atoms with Crippen molar-refractivity contribution in [1.29, 1.82) is 0 Å². The van der Waals surface area contributed by atoms with Crippen molar-refractivity contribution < 1.29 is 4.79 Å². The zero-order valence-corrected chi connectivity index (χ0v) is 16.9. The lowest BCUT2D eigenvalue weighted by molar-refractivity contribution is -0.132. The molecular formula is C20H31Cl2N3O. The Labute approximate surface area is 169 Å². The predicted molar refractivity (Wildman–Crippen MR) is 112 cm³/mol. The van der Waals surface area contributed by atoms with E-state index in [-0.39, 0.29) is 24.8 Å². The van der Waals surface area contributed by atoms with E-state index in [1.165, 1.54) is 31.4 Å². The molecular weight excluding hydrogens is 369 g/mol. The Hall–Kier alpha value is -0.970. The lowest BCUT2D eigenvalue weighted by Gasteiger charge is -2.30. The van der Waals surface area contributed by atoms with Gasteiger partial charge in [0.05, 0.1) is 0 Å². The summed E-state index contributed by atoms with van der Waals surface area (Å²) in [4.78, 5) is 17.3. The number of amides is 1. The van der Waals surface area contributed by atoms with E-state index >= 15 is 0 Å². The molecule has 0 radical (unpaired) electrons. The van der Waals surface area contributed by atoms with Gasteiger partial charge in [0.25, 0.3) is 0 Å². The zero-order chi connectivity index (χ0) is 16.4. The summed E-state index contributed by atoms with van der Waals surface area (Å²) in [5.74, 6) is 0.987. The molecule has 4 nitrogen and oxygen atoms in total. The van der Waals surface area contributed by atoms with Crippen LogP contribution in [0.4, 0.5) is 5.69 Å². The first-order valence-electron chi connectivity index (χ1n) is 9.62. The number of anilines is 1. The van der Waals surface area contributed by atoms with Gasteiger partial charge in [-0.2, -0.15) is 0 Å². The molecule has 0 aromatic heterocycles. The van der Waals surface area contributed by atoms with Crippen LogP contribution < -0.4 is 10.2 Å². The maximum absolute atomic E-state index is 12.8. The summed E-state index contributed by atoms with van der Waals surface area (Å²) in [6, 6.07) is 11.9. The summed E-state index contributed by atoms with van der Waals surface area (Å²) in [6.07, 6.45) is 6.85. The normalized spacial score (nSPS) is 27.9. The van der Waals surface area contributed by atoms with Crippen molar-refractivity contribution in [3.63, 3.8) is 0 Å². The summed E-state index contributed by atoms with van der Waals surface area (Å²) in [6.45, 7) is 3.78. The lowest BCUT2D eigenvalue weighted by Crippen LogP contribution is -2.41. The first-order valence-corrected chi connectivity index (χ1v) is 9.62. The first-order chi connectivity index (χ1) is 11.8. The molecule has 0 saturated carbocycles. The van der Waals surface area contributed by atoms with Crippen molar-refractivity contribution in [3.05, 3.63) is 30.3 Å². The number of carbonyl (C=O) groups excluding carboxylic acids is 1. The highest BCUT2D eigenvalue weighted by atomic mass is 35.5. The smallest absolute Gasteiger partial charge is 0.222 e. The third-order valence-electron chi connectivity index (χ3n) is 6.00. The molecule has 6 heteroatoms. The molecule has 1 aromatic rings. The molecule has 1 aromatic carbocycles. The molecule has 3 fully saturated rings. The minimum atomic E-state index is 0. The first kappa shape index (κ1) is 21.3. The van der Waals surface area contributed by atoms with Gasteiger partial charge in [0.1, 0.15) is 0 Å². The Morgan fingerprint density at radius 3 is 2.35 bits per heavy atom. The number of halogens is 2. The molecule has 26 heavy (non-hydrogen) atoms. The minimum absolute atomic E-state index is 0. The fraction of sp³-hybridized carbons (Fsp3) is 0.650. The van der Waals surface area contributed by atoms with Crippen molar-refractivity contribution >= 4 is 36.4 Å². The minimum Gasteiger partial charge on any atom is -0.370 e. The third kappa shape index (κ3) is 5.05. The zero-order valence-electron chi connectivity index (χ0n) is 15.3. The lowest BCUT2D eigenvalue weighted by atomic mass is 9.89. The van der Waals surface area contributed by atoms with E-state index in [0.29, 0.717) is 23.9 Å². The highest BCUT2D eigenvalue weighted by Gasteiger charge is 2.35. The Kier molecular flexibility index (Phi) is 8.05. The van der Waals surface area contributed by atoms with Crippen LogP contribution in [0.25, 0.3) is 0 Å². The second kappa shape index (κ2) is 9.82. The SMILES string of the molecule is Cl.Cl.O=C(CC1CC2CCC(C1)N2)N1CCCN(c2ccccc2)CC1. The molecule has 3 saturated heterocycles. The highest BCUT2D eigenvalue weighted by Crippen LogP contribution is 2.33. The van der Waals surface area contributed by atoms with E-state index in [9.17, 15) is 4.79 Å². The van der Waals surface area contributed by atoms with Crippen LogP contribution in [0.1, 0.15) is 38.5 Å². The number of piperidine rings is 1. The Bertz CT molecular complexity index is 559. The van der Waals surface area contributed by atoms with Gasteiger partial charge in [-0.15, -0.1) is 24.8 Å². The van der Waals surface area contributed by atoms with Gasteiger partial charge in [-0.1, -0.05) is 18.2 Å². The molecule has 1 N–H and O–H groups in total. The highest BCUT2D eigenvalue weighted by molar-refractivity contribution is 5.85. The summed E-state index contributed by atoms with van der Waals surface area (Å²) in [5.41, 5.74) is 1.28. The molecule has 146 valence electrons. The molecule has 2 atom stereocenters. The molecule has 4 rings (SSSR count). The molecule has 2 bridgehead atoms. The molecule has 2 unspecified atom stereocenters. The maximum Gasteiger partial charge on any atom is 0.222 e. The van der Waals surface area contributed by atoms with Gasteiger partial charge in [-0.05, 0) is 50.2 Å². The molecule has 3 heterocycles. The number of benzene rings is 1. The molecule has 0 spiro atoms. The van der Waals surface area contributed by atoms with Gasteiger partial charge >= 0.3 is 0 Å². The van der Waals surface area contributed by atoms with Crippen molar-refractivity contribution in [2.24, 2.45) is 5.92 Å². The quantitative estimate of drug-likeness (QED) is 0.844. The predicted octanol–water partition coefficient (Wildman–Crippen LogP) is 3.49. The van der Waals surface area contributed by atoms with Crippen LogP contribution >= 0.6 is 24.8 Å². The summed E-state index contributed by atoms with van der Waals surface area (Å²) >= 11 is 0. The van der Waals surface area contributed by atoms with Gasteiger partial charge in [-0.25, -0.2) is 0 Å². The maximum atomic E-state index is 12.8. The topological polar surface area (TPSA) is 35.6 Å². The number of nitrogens with one attached hydrogen (secondary N) is 1. The second-order valence-electron chi connectivity index (χ2n) is 7.74. The van der Waals surface area contributed by atoms with Gasteiger partial charge in [0, 0.05) is 50.4 Å². The van der Waals surface area contributed by atoms with Crippen molar-refractivity contribution in [1.82, 2.24) is 10.2 Å². The van der Waals surface area contributed by atoms with Crippen LogP contribution in [0.3, 0.4) is 0 Å². The molecule has 3 aliphatic rings. The van der Waals surface area contributed by atoms with Gasteiger partial charge in [-0.3, -0.25) is 4.79 Å². The van der Waals surface area contributed by atoms with Crippen LogP contribution in [0.5, 0.6) is 0 Å². The van der Waals surface area contributed by atoms with Crippen LogP contribution in [-0.2, 0) is 4.79 Å². The number of nitrogens with zero attached hydrogens (tertiary/aromatic N) is 2. The molecule has 0 aliphatic carbocycles. The number of rotatable bonds is 3. The average Bonchev–Trinajstić information content (AvgIpc) is 2.82.